The minimum absolute atomic E-state index is 0.242. The van der Waals surface area contributed by atoms with Crippen LogP contribution in [0, 0.1) is 11.6 Å². The summed E-state index contributed by atoms with van der Waals surface area (Å²) in [6.45, 7) is 1.41. The van der Waals surface area contributed by atoms with Crippen molar-refractivity contribution in [3.8, 4) is 5.75 Å². The zero-order chi connectivity index (χ0) is 11.6. The highest BCUT2D eigenvalue weighted by Gasteiger charge is 2.20. The molecule has 2 N–H and O–H groups in total. The van der Waals surface area contributed by atoms with Crippen LogP contribution in [0.5, 0.6) is 5.75 Å². The van der Waals surface area contributed by atoms with Crippen LogP contribution >= 0.6 is 0 Å². The summed E-state index contributed by atoms with van der Waals surface area (Å²) in [6, 6.07) is 1.48. The Hall–Kier alpha value is -1.49. The molecule has 0 aliphatic rings. The molecule has 0 amide bonds. The third-order valence-electron chi connectivity index (χ3n) is 1.95. The first-order chi connectivity index (χ1) is 6.99. The van der Waals surface area contributed by atoms with E-state index in [1.807, 2.05) is 0 Å². The number of hydrogen-bond donors (Lipinski definition) is 1. The summed E-state index contributed by atoms with van der Waals surface area (Å²) in [7, 11) is 1.21. The molecule has 1 aromatic rings. The smallest absolute Gasteiger partial charge is 0.201 e. The number of ketones is 1. The highest BCUT2D eigenvalue weighted by atomic mass is 19.2. The third-order valence-corrected chi connectivity index (χ3v) is 1.95. The minimum Gasteiger partial charge on any atom is -0.494 e. The van der Waals surface area contributed by atoms with Crippen LogP contribution in [-0.4, -0.2) is 18.9 Å². The standard InChI is InChI=1S/C10H11F2NO2/c1-5(13)10(14)6-3-4-7(15-2)9(12)8(6)11/h3-5H,13H2,1-2H3. The van der Waals surface area contributed by atoms with Crippen LogP contribution in [0.4, 0.5) is 8.78 Å². The molecule has 82 valence electrons. The number of hydrogen-bond acceptors (Lipinski definition) is 3. The Morgan fingerprint density at radius 1 is 1.40 bits per heavy atom. The number of ether oxygens (including phenoxy) is 1. The molecular weight excluding hydrogens is 204 g/mol. The number of nitrogens with two attached hydrogens (primary N) is 1. The normalized spacial score (nSPS) is 12.3. The molecule has 3 nitrogen and oxygen atoms in total. The van der Waals surface area contributed by atoms with Gasteiger partial charge in [-0.15, -0.1) is 0 Å². The second-order valence-electron chi connectivity index (χ2n) is 3.10. The SMILES string of the molecule is COc1ccc(C(=O)C(C)N)c(F)c1F. The van der Waals surface area contributed by atoms with Crippen molar-refractivity contribution in [2.75, 3.05) is 7.11 Å². The lowest BCUT2D eigenvalue weighted by molar-refractivity contribution is 0.0963. The monoisotopic (exact) mass is 215 g/mol. The van der Waals surface area contributed by atoms with E-state index in [4.69, 9.17) is 5.73 Å². The summed E-state index contributed by atoms with van der Waals surface area (Å²) in [5, 5.41) is 0. The van der Waals surface area contributed by atoms with Crippen molar-refractivity contribution in [3.05, 3.63) is 29.3 Å². The van der Waals surface area contributed by atoms with Gasteiger partial charge in [0.05, 0.1) is 18.7 Å². The molecule has 1 rings (SSSR count). The molecule has 0 saturated carbocycles. The molecule has 0 saturated heterocycles. The number of Topliss-reactive ketones (excluding diaryl/α,β-unsaturated/α-hetero) is 1. The molecule has 0 bridgehead atoms. The molecule has 1 aromatic carbocycles. The van der Waals surface area contributed by atoms with E-state index >= 15 is 0 Å². The van der Waals surface area contributed by atoms with Gasteiger partial charge in [-0.25, -0.2) is 4.39 Å². The van der Waals surface area contributed by atoms with Gasteiger partial charge in [0.25, 0.3) is 0 Å². The Balaban J connectivity index is 3.23. The largest absolute Gasteiger partial charge is 0.494 e. The van der Waals surface area contributed by atoms with E-state index in [0.717, 1.165) is 6.07 Å². The van der Waals surface area contributed by atoms with E-state index < -0.39 is 23.5 Å². The van der Waals surface area contributed by atoms with Crippen LogP contribution < -0.4 is 10.5 Å². The molecule has 0 aliphatic heterocycles. The Bertz CT molecular complexity index is 391. The van der Waals surface area contributed by atoms with E-state index in [1.165, 1.54) is 20.1 Å². The Morgan fingerprint density at radius 3 is 2.47 bits per heavy atom. The van der Waals surface area contributed by atoms with Gasteiger partial charge < -0.3 is 10.5 Å². The number of carbonyl (C=O) groups excluding carboxylic acids is 1. The van der Waals surface area contributed by atoms with Crippen LogP contribution in [0.1, 0.15) is 17.3 Å². The summed E-state index contributed by atoms with van der Waals surface area (Å²) in [6.07, 6.45) is 0. The molecule has 0 heterocycles. The predicted molar refractivity (Wildman–Crippen MR) is 50.9 cm³/mol. The maximum Gasteiger partial charge on any atom is 0.201 e. The fourth-order valence-electron chi connectivity index (χ4n) is 1.12. The van der Waals surface area contributed by atoms with Gasteiger partial charge in [0.2, 0.25) is 5.82 Å². The number of carbonyl (C=O) groups is 1. The fraction of sp³-hybridized carbons (Fsp3) is 0.300. The lowest BCUT2D eigenvalue weighted by atomic mass is 10.0. The molecule has 0 spiro atoms. The van der Waals surface area contributed by atoms with Gasteiger partial charge in [-0.3, -0.25) is 4.79 Å². The molecular formula is C10H11F2NO2. The van der Waals surface area contributed by atoms with Gasteiger partial charge in [-0.05, 0) is 19.1 Å². The summed E-state index contributed by atoms with van der Waals surface area (Å²) in [5.41, 5.74) is 4.93. The maximum atomic E-state index is 13.3. The van der Waals surface area contributed by atoms with E-state index in [2.05, 4.69) is 4.74 Å². The van der Waals surface area contributed by atoms with Crippen molar-refractivity contribution < 1.29 is 18.3 Å². The summed E-state index contributed by atoms with van der Waals surface area (Å²) < 4.78 is 31.1. The van der Waals surface area contributed by atoms with Crippen molar-refractivity contribution >= 4 is 5.78 Å². The summed E-state index contributed by atoms with van der Waals surface area (Å²) >= 11 is 0. The molecule has 1 atom stereocenters. The highest BCUT2D eigenvalue weighted by Crippen LogP contribution is 2.22. The van der Waals surface area contributed by atoms with Crippen molar-refractivity contribution in [1.29, 1.82) is 0 Å². The Labute approximate surface area is 85.8 Å². The fourth-order valence-corrected chi connectivity index (χ4v) is 1.12. The average molecular weight is 215 g/mol. The van der Waals surface area contributed by atoms with E-state index in [9.17, 15) is 13.6 Å². The maximum absolute atomic E-state index is 13.3. The number of methoxy groups -OCH3 is 1. The lowest BCUT2D eigenvalue weighted by Gasteiger charge is -2.08. The molecule has 1 unspecified atom stereocenters. The molecule has 0 aromatic heterocycles. The second kappa shape index (κ2) is 4.35. The number of rotatable bonds is 3. The average Bonchev–Trinajstić information content (AvgIpc) is 2.21. The van der Waals surface area contributed by atoms with Crippen LogP contribution in [0.2, 0.25) is 0 Å². The van der Waals surface area contributed by atoms with Gasteiger partial charge in [-0.2, -0.15) is 4.39 Å². The van der Waals surface area contributed by atoms with E-state index in [0.29, 0.717) is 0 Å². The molecule has 0 fully saturated rings. The molecule has 15 heavy (non-hydrogen) atoms. The van der Waals surface area contributed by atoms with Gasteiger partial charge in [-0.1, -0.05) is 0 Å². The van der Waals surface area contributed by atoms with Crippen molar-refractivity contribution in [2.24, 2.45) is 5.73 Å². The first-order valence-corrected chi connectivity index (χ1v) is 4.30. The van der Waals surface area contributed by atoms with Crippen LogP contribution in [0.3, 0.4) is 0 Å². The first kappa shape index (κ1) is 11.6. The van der Waals surface area contributed by atoms with E-state index in [-0.39, 0.29) is 11.3 Å². The van der Waals surface area contributed by atoms with Crippen molar-refractivity contribution in [3.63, 3.8) is 0 Å². The van der Waals surface area contributed by atoms with Gasteiger partial charge in [0.1, 0.15) is 0 Å². The Morgan fingerprint density at radius 2 is 2.00 bits per heavy atom. The zero-order valence-corrected chi connectivity index (χ0v) is 8.38. The molecule has 5 heteroatoms. The number of halogens is 2. The summed E-state index contributed by atoms with van der Waals surface area (Å²) in [5.74, 6) is -3.29. The Kier molecular flexibility index (Phi) is 3.36. The van der Waals surface area contributed by atoms with Crippen molar-refractivity contribution in [1.82, 2.24) is 0 Å². The van der Waals surface area contributed by atoms with Gasteiger partial charge >= 0.3 is 0 Å². The summed E-state index contributed by atoms with van der Waals surface area (Å²) in [4.78, 5) is 11.3. The topological polar surface area (TPSA) is 52.3 Å². The molecule has 0 aliphatic carbocycles. The zero-order valence-electron chi connectivity index (χ0n) is 8.38. The van der Waals surface area contributed by atoms with Gasteiger partial charge in [0, 0.05) is 0 Å². The van der Waals surface area contributed by atoms with Crippen LogP contribution in [0.25, 0.3) is 0 Å². The molecule has 0 radical (unpaired) electrons. The second-order valence-corrected chi connectivity index (χ2v) is 3.10. The van der Waals surface area contributed by atoms with Crippen molar-refractivity contribution in [2.45, 2.75) is 13.0 Å². The van der Waals surface area contributed by atoms with E-state index in [1.54, 1.807) is 0 Å². The third kappa shape index (κ3) is 2.12. The van der Waals surface area contributed by atoms with Crippen LogP contribution in [-0.2, 0) is 0 Å². The minimum atomic E-state index is -1.23. The lowest BCUT2D eigenvalue weighted by Crippen LogP contribution is -2.27. The quantitative estimate of drug-likeness (QED) is 0.777. The van der Waals surface area contributed by atoms with Crippen LogP contribution in [0.15, 0.2) is 12.1 Å². The number of benzene rings is 1. The van der Waals surface area contributed by atoms with Gasteiger partial charge in [0.15, 0.2) is 17.3 Å². The first-order valence-electron chi connectivity index (χ1n) is 4.30. The predicted octanol–water partition coefficient (Wildman–Crippen LogP) is 1.50. The highest BCUT2D eigenvalue weighted by molar-refractivity contribution is 6.00.